The van der Waals surface area contributed by atoms with E-state index in [4.69, 9.17) is 0 Å². The molecule has 0 spiro atoms. The van der Waals surface area contributed by atoms with Crippen LogP contribution in [0.3, 0.4) is 0 Å². The standard InChI is InChI=1S/C14H19NO2/c1-3-15(9-11-4-5-11)14(17)12-6-7-13(16)10(2)8-12/h6-8,11,16H,3-5,9H2,1-2H3. The third-order valence-corrected chi connectivity index (χ3v) is 3.29. The summed E-state index contributed by atoms with van der Waals surface area (Å²) in [4.78, 5) is 14.1. The molecule has 1 aromatic rings. The molecule has 1 amide bonds. The molecule has 0 aromatic heterocycles. The Morgan fingerprint density at radius 2 is 2.18 bits per heavy atom. The lowest BCUT2D eigenvalue weighted by molar-refractivity contribution is 0.0757. The summed E-state index contributed by atoms with van der Waals surface area (Å²) in [5, 5.41) is 9.45. The number of aryl methyl sites for hydroxylation is 1. The van der Waals surface area contributed by atoms with E-state index in [1.807, 2.05) is 18.7 Å². The second-order valence-corrected chi connectivity index (χ2v) is 4.79. The number of nitrogens with zero attached hydrogens (tertiary/aromatic N) is 1. The molecule has 1 fully saturated rings. The van der Waals surface area contributed by atoms with Crippen LogP contribution in [0, 0.1) is 12.8 Å². The first-order valence-electron chi connectivity index (χ1n) is 6.20. The van der Waals surface area contributed by atoms with Crippen LogP contribution >= 0.6 is 0 Å². The van der Waals surface area contributed by atoms with Gasteiger partial charge in [0, 0.05) is 18.7 Å². The number of amides is 1. The molecule has 3 nitrogen and oxygen atoms in total. The van der Waals surface area contributed by atoms with Gasteiger partial charge in [0.25, 0.3) is 5.91 Å². The number of benzene rings is 1. The Morgan fingerprint density at radius 1 is 1.47 bits per heavy atom. The van der Waals surface area contributed by atoms with Crippen LogP contribution in [0.4, 0.5) is 0 Å². The third kappa shape index (κ3) is 2.78. The normalized spacial score (nSPS) is 14.7. The van der Waals surface area contributed by atoms with E-state index < -0.39 is 0 Å². The van der Waals surface area contributed by atoms with E-state index in [1.165, 1.54) is 12.8 Å². The van der Waals surface area contributed by atoms with Gasteiger partial charge in [-0.25, -0.2) is 0 Å². The lowest BCUT2D eigenvalue weighted by atomic mass is 10.1. The monoisotopic (exact) mass is 233 g/mol. The van der Waals surface area contributed by atoms with Gasteiger partial charge in [0.05, 0.1) is 0 Å². The molecule has 0 heterocycles. The average Bonchev–Trinajstić information content (AvgIpc) is 3.12. The number of rotatable bonds is 4. The Bertz CT molecular complexity index is 424. The first-order valence-corrected chi connectivity index (χ1v) is 6.20. The Hall–Kier alpha value is -1.51. The third-order valence-electron chi connectivity index (χ3n) is 3.29. The highest BCUT2D eigenvalue weighted by molar-refractivity contribution is 5.94. The molecule has 1 aliphatic carbocycles. The van der Waals surface area contributed by atoms with Gasteiger partial charge in [0.2, 0.25) is 0 Å². The highest BCUT2D eigenvalue weighted by atomic mass is 16.3. The molecule has 1 aliphatic rings. The van der Waals surface area contributed by atoms with E-state index >= 15 is 0 Å². The number of phenols is 1. The van der Waals surface area contributed by atoms with Gasteiger partial charge >= 0.3 is 0 Å². The molecule has 0 saturated heterocycles. The zero-order valence-corrected chi connectivity index (χ0v) is 10.4. The summed E-state index contributed by atoms with van der Waals surface area (Å²) in [5.41, 5.74) is 1.42. The van der Waals surface area contributed by atoms with Crippen LogP contribution in [-0.2, 0) is 0 Å². The first-order chi connectivity index (χ1) is 8.11. The van der Waals surface area contributed by atoms with Crippen molar-refractivity contribution in [2.24, 2.45) is 5.92 Å². The van der Waals surface area contributed by atoms with Gasteiger partial charge < -0.3 is 10.0 Å². The van der Waals surface area contributed by atoms with Crippen molar-refractivity contribution >= 4 is 5.91 Å². The second kappa shape index (κ2) is 4.78. The van der Waals surface area contributed by atoms with Gasteiger partial charge in [0.15, 0.2) is 0 Å². The van der Waals surface area contributed by atoms with E-state index in [0.29, 0.717) is 11.5 Å². The second-order valence-electron chi connectivity index (χ2n) is 4.79. The van der Waals surface area contributed by atoms with E-state index in [1.54, 1.807) is 18.2 Å². The summed E-state index contributed by atoms with van der Waals surface area (Å²) in [7, 11) is 0. The number of hydrogen-bond donors (Lipinski definition) is 1. The smallest absolute Gasteiger partial charge is 0.253 e. The molecule has 1 saturated carbocycles. The van der Waals surface area contributed by atoms with Crippen molar-refractivity contribution in [2.75, 3.05) is 13.1 Å². The van der Waals surface area contributed by atoms with Crippen molar-refractivity contribution in [3.05, 3.63) is 29.3 Å². The van der Waals surface area contributed by atoms with Gasteiger partial charge in [-0.15, -0.1) is 0 Å². The van der Waals surface area contributed by atoms with Crippen LogP contribution in [-0.4, -0.2) is 29.0 Å². The number of carbonyl (C=O) groups is 1. The molecule has 1 aromatic carbocycles. The summed E-state index contributed by atoms with van der Waals surface area (Å²) in [6.45, 7) is 5.43. The molecule has 0 radical (unpaired) electrons. The van der Waals surface area contributed by atoms with Crippen LogP contribution in [0.5, 0.6) is 5.75 Å². The summed E-state index contributed by atoms with van der Waals surface area (Å²) >= 11 is 0. The van der Waals surface area contributed by atoms with Gasteiger partial charge in [-0.2, -0.15) is 0 Å². The minimum Gasteiger partial charge on any atom is -0.508 e. The highest BCUT2D eigenvalue weighted by Crippen LogP contribution is 2.30. The van der Waals surface area contributed by atoms with Gasteiger partial charge in [-0.05, 0) is 56.4 Å². The van der Waals surface area contributed by atoms with E-state index in [9.17, 15) is 9.90 Å². The molecule has 0 bridgehead atoms. The maximum absolute atomic E-state index is 12.2. The fourth-order valence-corrected chi connectivity index (χ4v) is 1.94. The molecule has 1 N–H and O–H groups in total. The zero-order valence-electron chi connectivity index (χ0n) is 10.4. The van der Waals surface area contributed by atoms with E-state index in [2.05, 4.69) is 0 Å². The lowest BCUT2D eigenvalue weighted by Gasteiger charge is -2.21. The molecule has 3 heteroatoms. The lowest BCUT2D eigenvalue weighted by Crippen LogP contribution is -2.32. The molecule has 0 aliphatic heterocycles. The van der Waals surface area contributed by atoms with Crippen molar-refractivity contribution in [1.29, 1.82) is 0 Å². The van der Waals surface area contributed by atoms with Crippen molar-refractivity contribution in [3.63, 3.8) is 0 Å². The molecule has 17 heavy (non-hydrogen) atoms. The summed E-state index contributed by atoms with van der Waals surface area (Å²) in [5.74, 6) is 1.02. The minimum absolute atomic E-state index is 0.0718. The molecule has 2 rings (SSSR count). The first kappa shape index (κ1) is 12.0. The Balaban J connectivity index is 2.12. The fraction of sp³-hybridized carbons (Fsp3) is 0.500. The minimum atomic E-state index is 0.0718. The highest BCUT2D eigenvalue weighted by Gasteiger charge is 2.26. The number of carbonyl (C=O) groups excluding carboxylic acids is 1. The van der Waals surface area contributed by atoms with Crippen LogP contribution in [0.15, 0.2) is 18.2 Å². The fourth-order valence-electron chi connectivity index (χ4n) is 1.94. The van der Waals surface area contributed by atoms with Crippen molar-refractivity contribution in [1.82, 2.24) is 4.90 Å². The molecular weight excluding hydrogens is 214 g/mol. The molecule has 92 valence electrons. The number of aromatic hydroxyl groups is 1. The Kier molecular flexibility index (Phi) is 3.36. The molecule has 0 unspecified atom stereocenters. The van der Waals surface area contributed by atoms with Gasteiger partial charge in [-0.1, -0.05) is 0 Å². The number of hydrogen-bond acceptors (Lipinski definition) is 2. The summed E-state index contributed by atoms with van der Waals surface area (Å²) < 4.78 is 0. The van der Waals surface area contributed by atoms with Gasteiger partial charge in [0.1, 0.15) is 5.75 Å². The predicted molar refractivity (Wildman–Crippen MR) is 67.1 cm³/mol. The summed E-state index contributed by atoms with van der Waals surface area (Å²) in [6.07, 6.45) is 2.50. The average molecular weight is 233 g/mol. The van der Waals surface area contributed by atoms with Crippen LogP contribution in [0.1, 0.15) is 35.7 Å². The van der Waals surface area contributed by atoms with Crippen LogP contribution in [0.2, 0.25) is 0 Å². The maximum atomic E-state index is 12.2. The maximum Gasteiger partial charge on any atom is 0.253 e. The quantitative estimate of drug-likeness (QED) is 0.868. The predicted octanol–water partition coefficient (Wildman–Crippen LogP) is 2.57. The number of phenolic OH excluding ortho intramolecular Hbond substituents is 1. The van der Waals surface area contributed by atoms with Gasteiger partial charge in [-0.3, -0.25) is 4.79 Å². The summed E-state index contributed by atoms with van der Waals surface area (Å²) in [6, 6.07) is 5.04. The zero-order chi connectivity index (χ0) is 12.4. The molecule has 0 atom stereocenters. The van der Waals surface area contributed by atoms with Crippen molar-refractivity contribution in [2.45, 2.75) is 26.7 Å². The molecular formula is C14H19NO2. The van der Waals surface area contributed by atoms with Crippen LogP contribution < -0.4 is 0 Å². The van der Waals surface area contributed by atoms with E-state index in [-0.39, 0.29) is 11.7 Å². The van der Waals surface area contributed by atoms with Crippen molar-refractivity contribution < 1.29 is 9.90 Å². The topological polar surface area (TPSA) is 40.5 Å². The largest absolute Gasteiger partial charge is 0.508 e. The Morgan fingerprint density at radius 3 is 2.71 bits per heavy atom. The SMILES string of the molecule is CCN(CC1CC1)C(=O)c1ccc(O)c(C)c1. The van der Waals surface area contributed by atoms with Crippen molar-refractivity contribution in [3.8, 4) is 5.75 Å². The van der Waals surface area contributed by atoms with E-state index in [0.717, 1.165) is 18.7 Å². The van der Waals surface area contributed by atoms with Crippen LogP contribution in [0.25, 0.3) is 0 Å². The Labute approximate surface area is 102 Å².